The number of hydrogen-bond donors (Lipinski definition) is 4. The standard InChI is InChI=1S/C30H34FN5O2/c31-23-11-9-21(10-12-23)25-17-28(25)34-18-20-13-14-36(30(33)38)24(16-20)15-19-5-7-22(8-6-19)29(37)35-27-4-2-1-3-26(27)32/h1-12,20,24-25,28,34H,13-18,32H2,(H2,33,38)(H,35,37). The first-order chi connectivity index (χ1) is 18.4. The van der Waals surface area contributed by atoms with Gasteiger partial charge in [-0.25, -0.2) is 9.18 Å². The van der Waals surface area contributed by atoms with Crippen LogP contribution in [0.25, 0.3) is 0 Å². The zero-order chi connectivity index (χ0) is 26.6. The number of piperidine rings is 1. The smallest absolute Gasteiger partial charge is 0.315 e. The summed E-state index contributed by atoms with van der Waals surface area (Å²) in [5.41, 5.74) is 15.5. The van der Waals surface area contributed by atoms with Gasteiger partial charge in [0.15, 0.2) is 0 Å². The van der Waals surface area contributed by atoms with E-state index in [1.54, 1.807) is 29.2 Å². The molecule has 1 aliphatic carbocycles. The van der Waals surface area contributed by atoms with Crippen LogP contribution in [0, 0.1) is 11.7 Å². The predicted octanol–water partition coefficient (Wildman–Crippen LogP) is 4.51. The van der Waals surface area contributed by atoms with E-state index in [-0.39, 0.29) is 17.8 Å². The van der Waals surface area contributed by atoms with Crippen LogP contribution in [0.15, 0.2) is 72.8 Å². The van der Waals surface area contributed by atoms with E-state index < -0.39 is 6.03 Å². The van der Waals surface area contributed by atoms with Gasteiger partial charge in [0.05, 0.1) is 11.4 Å². The van der Waals surface area contributed by atoms with Crippen molar-refractivity contribution in [2.45, 2.75) is 43.7 Å². The summed E-state index contributed by atoms with van der Waals surface area (Å²) in [5.74, 6) is 0.440. The third-order valence-corrected chi connectivity index (χ3v) is 7.76. The van der Waals surface area contributed by atoms with Gasteiger partial charge in [0.1, 0.15) is 5.82 Å². The number of carbonyl (C=O) groups excluding carboxylic acids is 2. The Balaban J connectivity index is 1.16. The fraction of sp³-hybridized carbons (Fsp3) is 0.333. The molecule has 0 aromatic heterocycles. The lowest BCUT2D eigenvalue weighted by Crippen LogP contribution is -2.50. The fourth-order valence-electron chi connectivity index (χ4n) is 5.49. The summed E-state index contributed by atoms with van der Waals surface area (Å²) in [6, 6.07) is 21.4. The Morgan fingerprint density at radius 2 is 1.71 bits per heavy atom. The van der Waals surface area contributed by atoms with Gasteiger partial charge in [0, 0.05) is 30.1 Å². The molecule has 3 amide bonds. The van der Waals surface area contributed by atoms with Crippen LogP contribution in [0.5, 0.6) is 0 Å². The third kappa shape index (κ3) is 6.14. The summed E-state index contributed by atoms with van der Waals surface area (Å²) in [6.07, 6.45) is 3.50. The Kier molecular flexibility index (Phi) is 7.60. The first kappa shape index (κ1) is 25.7. The summed E-state index contributed by atoms with van der Waals surface area (Å²) in [6.45, 7) is 1.52. The first-order valence-corrected chi connectivity index (χ1v) is 13.2. The summed E-state index contributed by atoms with van der Waals surface area (Å²) < 4.78 is 13.2. The molecule has 4 atom stereocenters. The minimum atomic E-state index is -0.392. The number of carbonyl (C=O) groups is 2. The number of amides is 3. The number of benzene rings is 3. The van der Waals surface area contributed by atoms with E-state index in [9.17, 15) is 14.0 Å². The van der Waals surface area contributed by atoms with E-state index in [2.05, 4.69) is 10.6 Å². The molecule has 5 rings (SSSR count). The Bertz CT molecular complexity index is 1280. The highest BCUT2D eigenvalue weighted by molar-refractivity contribution is 6.05. The van der Waals surface area contributed by atoms with E-state index in [1.165, 1.54) is 17.7 Å². The van der Waals surface area contributed by atoms with E-state index in [1.807, 2.05) is 36.4 Å². The molecule has 0 radical (unpaired) electrons. The van der Waals surface area contributed by atoms with Crippen molar-refractivity contribution in [1.82, 2.24) is 10.2 Å². The summed E-state index contributed by atoms with van der Waals surface area (Å²) in [4.78, 5) is 26.6. The second-order valence-corrected chi connectivity index (χ2v) is 10.4. The number of rotatable bonds is 8. The van der Waals surface area contributed by atoms with Crippen molar-refractivity contribution in [3.8, 4) is 0 Å². The molecule has 0 spiro atoms. The molecule has 0 bridgehead atoms. The van der Waals surface area contributed by atoms with Crippen LogP contribution in [-0.2, 0) is 6.42 Å². The van der Waals surface area contributed by atoms with Gasteiger partial charge in [-0.15, -0.1) is 0 Å². The molecule has 6 N–H and O–H groups in total. The molecule has 2 fully saturated rings. The number of nitrogens with zero attached hydrogens (tertiary/aromatic N) is 1. The summed E-state index contributed by atoms with van der Waals surface area (Å²) >= 11 is 0. The summed E-state index contributed by atoms with van der Waals surface area (Å²) in [7, 11) is 0. The quantitative estimate of drug-likeness (QED) is 0.331. The van der Waals surface area contributed by atoms with Crippen LogP contribution in [-0.4, -0.2) is 42.0 Å². The molecule has 7 nitrogen and oxygen atoms in total. The van der Waals surface area contributed by atoms with Crippen molar-refractivity contribution >= 4 is 23.3 Å². The predicted molar refractivity (Wildman–Crippen MR) is 147 cm³/mol. The van der Waals surface area contributed by atoms with Gasteiger partial charge in [0.25, 0.3) is 5.91 Å². The van der Waals surface area contributed by atoms with E-state index in [0.717, 1.165) is 31.4 Å². The van der Waals surface area contributed by atoms with Crippen molar-refractivity contribution in [3.05, 3.63) is 95.3 Å². The molecule has 8 heteroatoms. The van der Waals surface area contributed by atoms with Gasteiger partial charge in [0.2, 0.25) is 0 Å². The minimum absolute atomic E-state index is 0.00365. The molecule has 3 aromatic carbocycles. The van der Waals surface area contributed by atoms with Gasteiger partial charge in [-0.2, -0.15) is 0 Å². The van der Waals surface area contributed by atoms with Crippen LogP contribution >= 0.6 is 0 Å². The Morgan fingerprint density at radius 3 is 2.42 bits per heavy atom. The monoisotopic (exact) mass is 515 g/mol. The molecule has 1 saturated carbocycles. The normalized spacial score (nSPS) is 22.6. The van der Waals surface area contributed by atoms with Gasteiger partial charge in [-0.05, 0) is 85.7 Å². The number of urea groups is 1. The van der Waals surface area contributed by atoms with Crippen LogP contribution in [0.3, 0.4) is 0 Å². The van der Waals surface area contributed by atoms with Crippen LogP contribution < -0.4 is 22.1 Å². The average molecular weight is 516 g/mol. The maximum atomic E-state index is 13.2. The highest BCUT2D eigenvalue weighted by atomic mass is 19.1. The van der Waals surface area contributed by atoms with Crippen molar-refractivity contribution in [3.63, 3.8) is 0 Å². The lowest BCUT2D eigenvalue weighted by atomic mass is 9.87. The number of nitrogen functional groups attached to an aromatic ring is 1. The Hall–Kier alpha value is -3.91. The molecule has 3 aromatic rings. The number of nitrogens with two attached hydrogens (primary N) is 2. The Morgan fingerprint density at radius 1 is 0.974 bits per heavy atom. The highest BCUT2D eigenvalue weighted by Crippen LogP contribution is 2.41. The van der Waals surface area contributed by atoms with E-state index >= 15 is 0 Å². The molecule has 1 heterocycles. The molecule has 1 saturated heterocycles. The van der Waals surface area contributed by atoms with Crippen molar-refractivity contribution < 1.29 is 14.0 Å². The second kappa shape index (κ2) is 11.2. The van der Waals surface area contributed by atoms with Crippen molar-refractivity contribution in [1.29, 1.82) is 0 Å². The third-order valence-electron chi connectivity index (χ3n) is 7.76. The lowest BCUT2D eigenvalue weighted by molar-refractivity contribution is 0.102. The number of hydrogen-bond acceptors (Lipinski definition) is 4. The van der Waals surface area contributed by atoms with Crippen LogP contribution in [0.1, 0.15) is 46.7 Å². The zero-order valence-electron chi connectivity index (χ0n) is 21.3. The highest BCUT2D eigenvalue weighted by Gasteiger charge is 2.39. The van der Waals surface area contributed by atoms with Crippen molar-refractivity contribution in [2.24, 2.45) is 11.7 Å². The molecule has 38 heavy (non-hydrogen) atoms. The molecular formula is C30H34FN5O2. The number of halogens is 1. The average Bonchev–Trinajstić information content (AvgIpc) is 3.69. The number of primary amides is 1. The fourth-order valence-corrected chi connectivity index (χ4v) is 5.49. The largest absolute Gasteiger partial charge is 0.397 e. The second-order valence-electron chi connectivity index (χ2n) is 10.4. The maximum Gasteiger partial charge on any atom is 0.315 e. The minimum Gasteiger partial charge on any atom is -0.397 e. The number of para-hydroxylation sites is 2. The maximum absolute atomic E-state index is 13.2. The molecule has 1 aliphatic heterocycles. The van der Waals surface area contributed by atoms with Gasteiger partial charge in [-0.3, -0.25) is 4.79 Å². The van der Waals surface area contributed by atoms with Gasteiger partial charge >= 0.3 is 6.03 Å². The number of nitrogens with one attached hydrogen (secondary N) is 2. The molecule has 198 valence electrons. The van der Waals surface area contributed by atoms with Crippen molar-refractivity contribution in [2.75, 3.05) is 24.1 Å². The van der Waals surface area contributed by atoms with Gasteiger partial charge < -0.3 is 27.0 Å². The summed E-state index contributed by atoms with van der Waals surface area (Å²) in [5, 5.41) is 6.52. The topological polar surface area (TPSA) is 113 Å². The lowest BCUT2D eigenvalue weighted by Gasteiger charge is -2.39. The Labute approximate surface area is 222 Å². The molecule has 4 unspecified atom stereocenters. The van der Waals surface area contributed by atoms with Gasteiger partial charge in [-0.1, -0.05) is 36.4 Å². The van der Waals surface area contributed by atoms with E-state index in [4.69, 9.17) is 11.5 Å². The SMILES string of the molecule is NC(=O)N1CCC(CNC2CC2c2ccc(F)cc2)CC1Cc1ccc(C(=O)Nc2ccccc2N)cc1. The van der Waals surface area contributed by atoms with Crippen LogP contribution in [0.4, 0.5) is 20.6 Å². The number of likely N-dealkylation sites (tertiary alicyclic amines) is 1. The van der Waals surface area contributed by atoms with Crippen LogP contribution in [0.2, 0.25) is 0 Å². The number of anilines is 2. The first-order valence-electron chi connectivity index (χ1n) is 13.2. The van der Waals surface area contributed by atoms with E-state index in [0.29, 0.717) is 47.8 Å². The zero-order valence-corrected chi connectivity index (χ0v) is 21.3. The molecular weight excluding hydrogens is 481 g/mol. The molecule has 2 aliphatic rings.